The van der Waals surface area contributed by atoms with Crippen LogP contribution in [0, 0.1) is 6.92 Å². The van der Waals surface area contributed by atoms with E-state index >= 15 is 0 Å². The van der Waals surface area contributed by atoms with Gasteiger partial charge in [0.2, 0.25) is 11.7 Å². The number of halogens is 2. The van der Waals surface area contributed by atoms with E-state index in [2.05, 4.69) is 38.6 Å². The lowest BCUT2D eigenvalue weighted by Gasteiger charge is -2.37. The maximum atomic E-state index is 14.2. The van der Waals surface area contributed by atoms with E-state index in [-0.39, 0.29) is 17.8 Å². The second-order valence-corrected chi connectivity index (χ2v) is 9.29. The van der Waals surface area contributed by atoms with Crippen molar-refractivity contribution in [3.63, 3.8) is 0 Å². The molecular weight excluding hydrogens is 428 g/mol. The highest BCUT2D eigenvalue weighted by Gasteiger charge is 2.32. The van der Waals surface area contributed by atoms with Gasteiger partial charge in [0.1, 0.15) is 6.10 Å². The molecule has 0 atom stereocenters. The van der Waals surface area contributed by atoms with Gasteiger partial charge in [-0.15, -0.1) is 5.10 Å². The van der Waals surface area contributed by atoms with Crippen LogP contribution in [-0.4, -0.2) is 68.0 Å². The topological polar surface area (TPSA) is 72.2 Å². The molecule has 0 aromatic carbocycles. The lowest BCUT2D eigenvalue weighted by atomic mass is 10.2. The SMILES string of the molecule is Cc1cc2c(cn1)c(N1CCN(C(C)C)CC1)nn2-c1cc(OC2CC2)nc(C(C)(F)F)n1. The first-order chi connectivity index (χ1) is 15.7. The fraction of sp³-hybridized carbons (Fsp3) is 0.565. The maximum Gasteiger partial charge on any atom is 0.304 e. The van der Waals surface area contributed by atoms with Gasteiger partial charge in [0.25, 0.3) is 0 Å². The fourth-order valence-corrected chi connectivity index (χ4v) is 4.09. The van der Waals surface area contributed by atoms with Crippen molar-refractivity contribution >= 4 is 16.7 Å². The van der Waals surface area contributed by atoms with Gasteiger partial charge in [-0.25, -0.2) is 9.67 Å². The Morgan fingerprint density at radius 1 is 1.09 bits per heavy atom. The average Bonchev–Trinajstić information content (AvgIpc) is 3.50. The Morgan fingerprint density at radius 3 is 2.45 bits per heavy atom. The second kappa shape index (κ2) is 8.16. The molecule has 5 rings (SSSR count). The zero-order valence-corrected chi connectivity index (χ0v) is 19.4. The average molecular weight is 458 g/mol. The van der Waals surface area contributed by atoms with Crippen molar-refractivity contribution in [2.75, 3.05) is 31.1 Å². The highest BCUT2D eigenvalue weighted by molar-refractivity contribution is 5.91. The number of ether oxygens (including phenoxy) is 1. The molecule has 8 nitrogen and oxygen atoms in total. The van der Waals surface area contributed by atoms with E-state index in [1.165, 1.54) is 0 Å². The monoisotopic (exact) mass is 457 g/mol. The molecule has 33 heavy (non-hydrogen) atoms. The van der Waals surface area contributed by atoms with Gasteiger partial charge < -0.3 is 9.64 Å². The van der Waals surface area contributed by atoms with Crippen LogP contribution in [0.1, 0.15) is 45.1 Å². The van der Waals surface area contributed by atoms with E-state index in [9.17, 15) is 8.78 Å². The molecule has 1 saturated heterocycles. The number of nitrogens with zero attached hydrogens (tertiary/aromatic N) is 7. The molecule has 10 heteroatoms. The molecule has 2 aliphatic rings. The number of aryl methyl sites for hydroxylation is 1. The predicted molar refractivity (Wildman–Crippen MR) is 121 cm³/mol. The Hall–Kier alpha value is -2.88. The van der Waals surface area contributed by atoms with Crippen LogP contribution in [0.5, 0.6) is 5.88 Å². The first-order valence-corrected chi connectivity index (χ1v) is 11.5. The number of hydrogen-bond acceptors (Lipinski definition) is 7. The molecular formula is C23H29F2N7O. The third-order valence-corrected chi connectivity index (χ3v) is 6.14. The van der Waals surface area contributed by atoms with E-state index in [1.54, 1.807) is 16.9 Å². The minimum Gasteiger partial charge on any atom is -0.474 e. The number of aromatic nitrogens is 5. The minimum absolute atomic E-state index is 0.0275. The summed E-state index contributed by atoms with van der Waals surface area (Å²) in [5, 5.41) is 5.71. The van der Waals surface area contributed by atoms with Crippen LogP contribution in [0.3, 0.4) is 0 Å². The van der Waals surface area contributed by atoms with Crippen LogP contribution in [0.2, 0.25) is 0 Å². The van der Waals surface area contributed by atoms with Gasteiger partial charge in [0.15, 0.2) is 11.6 Å². The number of fused-ring (bicyclic) bond motifs is 1. The van der Waals surface area contributed by atoms with Crippen LogP contribution >= 0.6 is 0 Å². The van der Waals surface area contributed by atoms with Crippen molar-refractivity contribution in [3.8, 4) is 11.7 Å². The molecule has 1 aliphatic heterocycles. The fourth-order valence-electron chi connectivity index (χ4n) is 4.09. The first-order valence-electron chi connectivity index (χ1n) is 11.5. The highest BCUT2D eigenvalue weighted by Crippen LogP contribution is 2.33. The van der Waals surface area contributed by atoms with Gasteiger partial charge in [-0.3, -0.25) is 9.88 Å². The number of piperazine rings is 1. The second-order valence-electron chi connectivity index (χ2n) is 9.29. The molecule has 2 fully saturated rings. The maximum absolute atomic E-state index is 14.2. The zero-order valence-electron chi connectivity index (χ0n) is 19.4. The summed E-state index contributed by atoms with van der Waals surface area (Å²) in [4.78, 5) is 17.3. The summed E-state index contributed by atoms with van der Waals surface area (Å²) in [6, 6.07) is 3.99. The molecule has 1 saturated carbocycles. The van der Waals surface area contributed by atoms with Crippen LogP contribution in [0.4, 0.5) is 14.6 Å². The van der Waals surface area contributed by atoms with Crippen molar-refractivity contribution in [3.05, 3.63) is 29.8 Å². The van der Waals surface area contributed by atoms with Gasteiger partial charge >= 0.3 is 5.92 Å². The van der Waals surface area contributed by atoms with Crippen molar-refractivity contribution in [2.45, 2.75) is 58.6 Å². The molecule has 0 N–H and O–H groups in total. The smallest absolute Gasteiger partial charge is 0.304 e. The van der Waals surface area contributed by atoms with Gasteiger partial charge in [-0.05, 0) is 39.7 Å². The predicted octanol–water partition coefficient (Wildman–Crippen LogP) is 3.70. The normalized spacial score (nSPS) is 17.8. The van der Waals surface area contributed by atoms with Gasteiger partial charge in [0, 0.05) is 57.1 Å². The van der Waals surface area contributed by atoms with Crippen LogP contribution in [-0.2, 0) is 5.92 Å². The van der Waals surface area contributed by atoms with Crippen molar-refractivity contribution in [1.82, 2.24) is 29.6 Å². The number of alkyl halides is 2. The summed E-state index contributed by atoms with van der Waals surface area (Å²) >= 11 is 0. The molecule has 0 bridgehead atoms. The van der Waals surface area contributed by atoms with E-state index in [1.807, 2.05) is 13.0 Å². The van der Waals surface area contributed by atoms with Gasteiger partial charge in [0.05, 0.1) is 10.9 Å². The quantitative estimate of drug-likeness (QED) is 0.559. The minimum atomic E-state index is -3.20. The van der Waals surface area contributed by atoms with Crippen molar-refractivity contribution < 1.29 is 13.5 Å². The van der Waals surface area contributed by atoms with E-state index < -0.39 is 11.7 Å². The Balaban J connectivity index is 1.59. The molecule has 3 aromatic rings. The molecule has 4 heterocycles. The lowest BCUT2D eigenvalue weighted by Crippen LogP contribution is -2.49. The Morgan fingerprint density at radius 2 is 1.82 bits per heavy atom. The van der Waals surface area contributed by atoms with Crippen molar-refractivity contribution in [1.29, 1.82) is 0 Å². The van der Waals surface area contributed by atoms with E-state index in [0.29, 0.717) is 6.04 Å². The largest absolute Gasteiger partial charge is 0.474 e. The molecule has 1 aliphatic carbocycles. The number of anilines is 1. The standard InChI is InChI=1S/C23H29F2N7O/c1-14(2)30-7-9-31(10-8-30)21-17-13-26-15(3)11-18(17)32(29-21)19-12-20(33-16-5-6-16)28-22(27-19)23(4,24)25/h11-14,16H,5-10H2,1-4H3. The third-order valence-electron chi connectivity index (χ3n) is 6.14. The van der Waals surface area contributed by atoms with E-state index in [0.717, 1.165) is 68.4 Å². The Labute approximate surface area is 191 Å². The summed E-state index contributed by atoms with van der Waals surface area (Å²) in [6.45, 7) is 10.6. The number of rotatable bonds is 6. The summed E-state index contributed by atoms with van der Waals surface area (Å²) in [7, 11) is 0. The summed E-state index contributed by atoms with van der Waals surface area (Å²) in [5.41, 5.74) is 1.58. The molecule has 0 radical (unpaired) electrons. The number of pyridine rings is 1. The van der Waals surface area contributed by atoms with Crippen LogP contribution < -0.4 is 9.64 Å². The van der Waals surface area contributed by atoms with Crippen LogP contribution in [0.15, 0.2) is 18.3 Å². The molecule has 0 unspecified atom stereocenters. The van der Waals surface area contributed by atoms with Gasteiger partial charge in [-0.1, -0.05) is 0 Å². The van der Waals surface area contributed by atoms with Gasteiger partial charge in [-0.2, -0.15) is 13.8 Å². The molecule has 176 valence electrons. The summed E-state index contributed by atoms with van der Waals surface area (Å²) in [5.74, 6) is -2.57. The van der Waals surface area contributed by atoms with Crippen LogP contribution in [0.25, 0.3) is 16.7 Å². The third kappa shape index (κ3) is 4.48. The van der Waals surface area contributed by atoms with Crippen molar-refractivity contribution in [2.24, 2.45) is 0 Å². The molecule has 3 aromatic heterocycles. The first kappa shape index (κ1) is 21.9. The Bertz CT molecular complexity index is 1160. The summed E-state index contributed by atoms with van der Waals surface area (Å²) < 4.78 is 35.8. The Kier molecular flexibility index (Phi) is 5.43. The number of hydrogen-bond donors (Lipinski definition) is 0. The van der Waals surface area contributed by atoms with E-state index in [4.69, 9.17) is 9.84 Å². The summed E-state index contributed by atoms with van der Waals surface area (Å²) in [6.07, 6.45) is 3.63. The zero-order chi connectivity index (χ0) is 23.3. The molecule has 0 spiro atoms. The highest BCUT2D eigenvalue weighted by atomic mass is 19.3. The lowest BCUT2D eigenvalue weighted by molar-refractivity contribution is 0.00684. The molecule has 0 amide bonds.